The number of ketones is 1. The van der Waals surface area contributed by atoms with Crippen LogP contribution in [-0.2, 0) is 19.1 Å². The molecule has 0 spiro atoms. The van der Waals surface area contributed by atoms with Gasteiger partial charge in [0.2, 0.25) is 0 Å². The summed E-state index contributed by atoms with van der Waals surface area (Å²) in [5, 5.41) is 0. The Morgan fingerprint density at radius 2 is 1.88 bits per heavy atom. The van der Waals surface area contributed by atoms with Crippen LogP contribution in [0.5, 0.6) is 0 Å². The molecule has 0 fully saturated rings. The van der Waals surface area contributed by atoms with Crippen LogP contribution in [0.1, 0.15) is 39.5 Å². The summed E-state index contributed by atoms with van der Waals surface area (Å²) in [5.41, 5.74) is 5.10. The number of carbonyl (C=O) groups excluding carboxylic acids is 3. The number of hydrogen-bond donors (Lipinski definition) is 1. The average molecular weight is 229 g/mol. The second kappa shape index (κ2) is 7.98. The minimum atomic E-state index is -0.958. The zero-order valence-electron chi connectivity index (χ0n) is 9.82. The first-order valence-electron chi connectivity index (χ1n) is 5.50. The third-order valence-electron chi connectivity index (χ3n) is 2.24. The van der Waals surface area contributed by atoms with Crippen molar-refractivity contribution in [3.8, 4) is 0 Å². The zero-order chi connectivity index (χ0) is 12.6. The van der Waals surface area contributed by atoms with E-state index in [-0.39, 0.29) is 13.0 Å². The largest absolute Gasteiger partial charge is 0.393 e. The molecular formula is C11H19NO4. The van der Waals surface area contributed by atoms with E-state index >= 15 is 0 Å². The molecule has 0 aromatic heterocycles. The molecule has 1 atom stereocenters. The monoisotopic (exact) mass is 229 g/mol. The molecule has 0 aromatic rings. The van der Waals surface area contributed by atoms with Crippen LogP contribution in [0.25, 0.3) is 0 Å². The van der Waals surface area contributed by atoms with Crippen LogP contribution in [0.4, 0.5) is 0 Å². The van der Waals surface area contributed by atoms with Gasteiger partial charge >= 0.3 is 11.9 Å². The van der Waals surface area contributed by atoms with Gasteiger partial charge in [-0.15, -0.1) is 0 Å². The van der Waals surface area contributed by atoms with Crippen molar-refractivity contribution in [3.05, 3.63) is 0 Å². The highest BCUT2D eigenvalue weighted by atomic mass is 16.6. The maximum absolute atomic E-state index is 11.3. The van der Waals surface area contributed by atoms with E-state index in [1.165, 1.54) is 6.92 Å². The summed E-state index contributed by atoms with van der Waals surface area (Å²) < 4.78 is 4.53. The standard InChI is InChI=1S/C11H19NO4/c1-3-4-5-6-10(14)16-11(15)8(2)9(13)7-12/h8H,3-7,12H2,1-2H3. The third kappa shape index (κ3) is 5.60. The molecule has 0 amide bonds. The van der Waals surface area contributed by atoms with Crippen LogP contribution in [0.2, 0.25) is 0 Å². The molecule has 0 radical (unpaired) electrons. The van der Waals surface area contributed by atoms with Crippen LogP contribution in [0, 0.1) is 5.92 Å². The van der Waals surface area contributed by atoms with Gasteiger partial charge in [0, 0.05) is 6.42 Å². The number of hydrogen-bond acceptors (Lipinski definition) is 5. The molecule has 0 rings (SSSR count). The lowest BCUT2D eigenvalue weighted by Crippen LogP contribution is -2.30. The van der Waals surface area contributed by atoms with Crippen LogP contribution in [0.3, 0.4) is 0 Å². The minimum absolute atomic E-state index is 0.211. The van der Waals surface area contributed by atoms with Gasteiger partial charge in [-0.05, 0) is 13.3 Å². The summed E-state index contributed by atoms with van der Waals surface area (Å²) in [7, 11) is 0. The fraction of sp³-hybridized carbons (Fsp3) is 0.727. The number of nitrogens with two attached hydrogens (primary N) is 1. The molecule has 0 aromatic carbocycles. The van der Waals surface area contributed by atoms with E-state index in [0.29, 0.717) is 6.42 Å². The van der Waals surface area contributed by atoms with Crippen molar-refractivity contribution in [1.29, 1.82) is 0 Å². The van der Waals surface area contributed by atoms with Gasteiger partial charge in [0.1, 0.15) is 5.92 Å². The number of Topliss-reactive ketones (excluding diaryl/α,β-unsaturated/α-hetero) is 1. The fourth-order valence-corrected chi connectivity index (χ4v) is 1.08. The first-order valence-corrected chi connectivity index (χ1v) is 5.50. The zero-order valence-corrected chi connectivity index (χ0v) is 9.82. The molecule has 0 heterocycles. The Labute approximate surface area is 95.3 Å². The highest BCUT2D eigenvalue weighted by Gasteiger charge is 2.23. The quantitative estimate of drug-likeness (QED) is 0.396. The van der Waals surface area contributed by atoms with Crippen molar-refractivity contribution in [2.75, 3.05) is 6.54 Å². The molecule has 0 saturated heterocycles. The molecule has 92 valence electrons. The Morgan fingerprint density at radius 3 is 2.38 bits per heavy atom. The van der Waals surface area contributed by atoms with Gasteiger partial charge in [-0.2, -0.15) is 0 Å². The third-order valence-corrected chi connectivity index (χ3v) is 2.24. The molecule has 0 bridgehead atoms. The Morgan fingerprint density at radius 1 is 1.25 bits per heavy atom. The van der Waals surface area contributed by atoms with Crippen LogP contribution < -0.4 is 5.73 Å². The maximum atomic E-state index is 11.3. The van der Waals surface area contributed by atoms with E-state index in [4.69, 9.17) is 5.73 Å². The summed E-state index contributed by atoms with van der Waals surface area (Å²) in [5.74, 6) is -2.77. The summed E-state index contributed by atoms with van der Waals surface area (Å²) >= 11 is 0. The second-order valence-corrected chi connectivity index (χ2v) is 3.64. The number of carbonyl (C=O) groups is 3. The molecule has 0 aliphatic carbocycles. The Balaban J connectivity index is 3.94. The van der Waals surface area contributed by atoms with E-state index < -0.39 is 23.6 Å². The number of esters is 2. The van der Waals surface area contributed by atoms with Gasteiger partial charge in [0.05, 0.1) is 6.54 Å². The van der Waals surface area contributed by atoms with Gasteiger partial charge in [0.25, 0.3) is 0 Å². The summed E-state index contributed by atoms with van der Waals surface area (Å²) in [6.07, 6.45) is 2.81. The topological polar surface area (TPSA) is 86.5 Å². The average Bonchev–Trinajstić information content (AvgIpc) is 2.27. The minimum Gasteiger partial charge on any atom is -0.393 e. The first kappa shape index (κ1) is 14.8. The molecule has 5 nitrogen and oxygen atoms in total. The van der Waals surface area contributed by atoms with Crippen molar-refractivity contribution < 1.29 is 19.1 Å². The van der Waals surface area contributed by atoms with Crippen LogP contribution in [0.15, 0.2) is 0 Å². The molecule has 1 unspecified atom stereocenters. The number of unbranched alkanes of at least 4 members (excludes halogenated alkanes) is 2. The van der Waals surface area contributed by atoms with Gasteiger partial charge in [-0.25, -0.2) is 0 Å². The van der Waals surface area contributed by atoms with Gasteiger partial charge in [0.15, 0.2) is 5.78 Å². The molecule has 2 N–H and O–H groups in total. The number of ether oxygens (including phenoxy) is 1. The molecule has 0 aliphatic heterocycles. The van der Waals surface area contributed by atoms with Crippen LogP contribution >= 0.6 is 0 Å². The Kier molecular flexibility index (Phi) is 7.37. The predicted molar refractivity (Wildman–Crippen MR) is 58.5 cm³/mol. The molecule has 0 aliphatic rings. The lowest BCUT2D eigenvalue weighted by atomic mass is 10.1. The Hall–Kier alpha value is -1.23. The molecule has 16 heavy (non-hydrogen) atoms. The van der Waals surface area contributed by atoms with Gasteiger partial charge < -0.3 is 10.5 Å². The Bertz CT molecular complexity index is 263. The molecular weight excluding hydrogens is 210 g/mol. The molecule has 0 saturated carbocycles. The van der Waals surface area contributed by atoms with Crippen molar-refractivity contribution in [2.45, 2.75) is 39.5 Å². The van der Waals surface area contributed by atoms with Crippen molar-refractivity contribution in [3.63, 3.8) is 0 Å². The van der Waals surface area contributed by atoms with Gasteiger partial charge in [-0.1, -0.05) is 19.8 Å². The first-order chi connectivity index (χ1) is 7.52. The lowest BCUT2D eigenvalue weighted by molar-refractivity contribution is -0.163. The summed E-state index contributed by atoms with van der Waals surface area (Å²) in [6, 6.07) is 0. The molecule has 5 heteroatoms. The van der Waals surface area contributed by atoms with E-state index in [2.05, 4.69) is 4.74 Å². The number of rotatable bonds is 7. The second-order valence-electron chi connectivity index (χ2n) is 3.64. The highest BCUT2D eigenvalue weighted by molar-refractivity contribution is 6.02. The fourth-order valence-electron chi connectivity index (χ4n) is 1.08. The predicted octanol–water partition coefficient (Wildman–Crippen LogP) is 0.800. The lowest BCUT2D eigenvalue weighted by Gasteiger charge is -2.07. The maximum Gasteiger partial charge on any atom is 0.323 e. The van der Waals surface area contributed by atoms with Gasteiger partial charge in [-0.3, -0.25) is 14.4 Å². The van der Waals surface area contributed by atoms with Crippen molar-refractivity contribution >= 4 is 17.7 Å². The summed E-state index contributed by atoms with van der Waals surface area (Å²) in [4.78, 5) is 33.5. The summed E-state index contributed by atoms with van der Waals surface area (Å²) in [6.45, 7) is 3.18. The van der Waals surface area contributed by atoms with E-state index in [1.54, 1.807) is 0 Å². The van der Waals surface area contributed by atoms with Crippen molar-refractivity contribution in [2.24, 2.45) is 11.7 Å². The smallest absolute Gasteiger partial charge is 0.323 e. The van der Waals surface area contributed by atoms with Crippen molar-refractivity contribution in [1.82, 2.24) is 0 Å². The van der Waals surface area contributed by atoms with E-state index in [0.717, 1.165) is 12.8 Å². The van der Waals surface area contributed by atoms with Crippen LogP contribution in [-0.4, -0.2) is 24.3 Å². The van der Waals surface area contributed by atoms with E-state index in [1.807, 2.05) is 6.92 Å². The normalized spacial score (nSPS) is 11.9. The highest BCUT2D eigenvalue weighted by Crippen LogP contribution is 2.04. The van der Waals surface area contributed by atoms with E-state index in [9.17, 15) is 14.4 Å². The SMILES string of the molecule is CCCCCC(=O)OC(=O)C(C)C(=O)CN.